The molecule has 0 radical (unpaired) electrons. The van der Waals surface area contributed by atoms with Crippen molar-refractivity contribution in [2.24, 2.45) is 0 Å². The number of benzene rings is 1. The standard InChI is InChI=1S/C14H21N3O/c1-11-4-6-12(7-5-11)17-13(18)15-10-14(2)8-3-9-16-14/h4-7,16H,3,8-10H2,1-2H3,(H2,15,17,18). The van der Waals surface area contributed by atoms with Crippen LogP contribution >= 0.6 is 0 Å². The van der Waals surface area contributed by atoms with Crippen LogP contribution in [0, 0.1) is 6.92 Å². The third kappa shape index (κ3) is 3.47. The van der Waals surface area contributed by atoms with Gasteiger partial charge < -0.3 is 16.0 Å². The van der Waals surface area contributed by atoms with Gasteiger partial charge in [-0.3, -0.25) is 0 Å². The molecular weight excluding hydrogens is 226 g/mol. The minimum absolute atomic E-state index is 0.0462. The maximum atomic E-state index is 11.7. The maximum Gasteiger partial charge on any atom is 0.319 e. The molecule has 1 fully saturated rings. The van der Waals surface area contributed by atoms with Crippen LogP contribution in [-0.4, -0.2) is 24.7 Å². The molecule has 1 aromatic rings. The van der Waals surface area contributed by atoms with E-state index in [0.717, 1.165) is 18.7 Å². The van der Waals surface area contributed by atoms with Crippen molar-refractivity contribution in [3.8, 4) is 0 Å². The average molecular weight is 247 g/mol. The van der Waals surface area contributed by atoms with Crippen LogP contribution in [0.2, 0.25) is 0 Å². The zero-order chi connectivity index (χ0) is 13.0. The van der Waals surface area contributed by atoms with Crippen molar-refractivity contribution in [1.82, 2.24) is 10.6 Å². The maximum absolute atomic E-state index is 11.7. The number of amides is 2. The van der Waals surface area contributed by atoms with Crippen LogP contribution in [0.5, 0.6) is 0 Å². The molecule has 1 unspecified atom stereocenters. The number of nitrogens with one attached hydrogen (secondary N) is 3. The third-order valence-corrected chi connectivity index (χ3v) is 3.41. The Morgan fingerprint density at radius 1 is 1.39 bits per heavy atom. The predicted octanol–water partition coefficient (Wildman–Crippen LogP) is 2.26. The Kier molecular flexibility index (Phi) is 3.87. The highest BCUT2D eigenvalue weighted by molar-refractivity contribution is 5.89. The van der Waals surface area contributed by atoms with Gasteiger partial charge in [0.05, 0.1) is 0 Å². The molecule has 1 heterocycles. The third-order valence-electron chi connectivity index (χ3n) is 3.41. The Morgan fingerprint density at radius 2 is 2.11 bits per heavy atom. The van der Waals surface area contributed by atoms with E-state index in [4.69, 9.17) is 0 Å². The molecule has 0 aromatic heterocycles. The summed E-state index contributed by atoms with van der Waals surface area (Å²) in [5.41, 5.74) is 2.05. The summed E-state index contributed by atoms with van der Waals surface area (Å²) < 4.78 is 0. The van der Waals surface area contributed by atoms with Gasteiger partial charge in [-0.25, -0.2) is 4.79 Å². The van der Waals surface area contributed by atoms with Gasteiger partial charge in [-0.15, -0.1) is 0 Å². The van der Waals surface area contributed by atoms with E-state index in [1.165, 1.54) is 12.0 Å². The monoisotopic (exact) mass is 247 g/mol. The first-order chi connectivity index (χ1) is 8.57. The van der Waals surface area contributed by atoms with Crippen LogP contribution in [-0.2, 0) is 0 Å². The van der Waals surface area contributed by atoms with Gasteiger partial charge in [0.2, 0.25) is 0 Å². The van der Waals surface area contributed by atoms with Crippen LogP contribution in [0.15, 0.2) is 24.3 Å². The lowest BCUT2D eigenvalue weighted by Gasteiger charge is -2.24. The van der Waals surface area contributed by atoms with Gasteiger partial charge in [-0.2, -0.15) is 0 Å². The number of hydrogen-bond donors (Lipinski definition) is 3. The van der Waals surface area contributed by atoms with Gasteiger partial charge in [0.25, 0.3) is 0 Å². The van der Waals surface area contributed by atoms with E-state index in [-0.39, 0.29) is 11.6 Å². The molecule has 1 atom stereocenters. The molecule has 0 aliphatic carbocycles. The van der Waals surface area contributed by atoms with Crippen LogP contribution in [0.1, 0.15) is 25.3 Å². The van der Waals surface area contributed by atoms with Crippen LogP contribution in [0.3, 0.4) is 0 Å². The second kappa shape index (κ2) is 5.40. The molecule has 1 aliphatic heterocycles. The molecule has 3 N–H and O–H groups in total. The fourth-order valence-corrected chi connectivity index (χ4v) is 2.20. The smallest absolute Gasteiger partial charge is 0.319 e. The Bertz CT molecular complexity index is 408. The van der Waals surface area contributed by atoms with Crippen molar-refractivity contribution in [3.05, 3.63) is 29.8 Å². The highest BCUT2D eigenvalue weighted by Gasteiger charge is 2.28. The van der Waals surface area contributed by atoms with E-state index in [1.807, 2.05) is 31.2 Å². The molecule has 0 bridgehead atoms. The van der Waals surface area contributed by atoms with Gasteiger partial charge in [-0.05, 0) is 45.4 Å². The lowest BCUT2D eigenvalue weighted by molar-refractivity contribution is 0.248. The predicted molar refractivity (Wildman–Crippen MR) is 73.8 cm³/mol. The number of hydrogen-bond acceptors (Lipinski definition) is 2. The summed E-state index contributed by atoms with van der Waals surface area (Å²) in [6.07, 6.45) is 2.29. The number of aryl methyl sites for hydroxylation is 1. The van der Waals surface area contributed by atoms with Gasteiger partial charge in [0.1, 0.15) is 0 Å². The second-order valence-electron chi connectivity index (χ2n) is 5.26. The summed E-state index contributed by atoms with van der Waals surface area (Å²) in [5, 5.41) is 9.17. The molecule has 2 amide bonds. The summed E-state index contributed by atoms with van der Waals surface area (Å²) >= 11 is 0. The first-order valence-electron chi connectivity index (χ1n) is 6.44. The fourth-order valence-electron chi connectivity index (χ4n) is 2.20. The van der Waals surface area contributed by atoms with Gasteiger partial charge in [0.15, 0.2) is 0 Å². The number of carbonyl (C=O) groups is 1. The first kappa shape index (κ1) is 12.9. The summed E-state index contributed by atoms with van der Waals surface area (Å²) in [6, 6.07) is 7.63. The van der Waals surface area contributed by atoms with Crippen molar-refractivity contribution in [1.29, 1.82) is 0 Å². The highest BCUT2D eigenvalue weighted by Crippen LogP contribution is 2.17. The second-order valence-corrected chi connectivity index (χ2v) is 5.26. The van der Waals surface area contributed by atoms with Crippen LogP contribution in [0.4, 0.5) is 10.5 Å². The molecule has 0 spiro atoms. The SMILES string of the molecule is Cc1ccc(NC(=O)NCC2(C)CCCN2)cc1. The molecule has 0 saturated carbocycles. The zero-order valence-corrected chi connectivity index (χ0v) is 11.0. The first-order valence-corrected chi connectivity index (χ1v) is 6.44. The van der Waals surface area contributed by atoms with Gasteiger partial charge in [0, 0.05) is 17.8 Å². The van der Waals surface area contributed by atoms with Crippen molar-refractivity contribution in [3.63, 3.8) is 0 Å². The van der Waals surface area contributed by atoms with E-state index in [1.54, 1.807) is 0 Å². The minimum Gasteiger partial charge on any atom is -0.336 e. The van der Waals surface area contributed by atoms with E-state index in [2.05, 4.69) is 22.9 Å². The van der Waals surface area contributed by atoms with E-state index < -0.39 is 0 Å². The molecule has 2 rings (SSSR count). The fraction of sp³-hybridized carbons (Fsp3) is 0.500. The number of rotatable bonds is 3. The quantitative estimate of drug-likeness (QED) is 0.767. The van der Waals surface area contributed by atoms with Crippen LogP contribution < -0.4 is 16.0 Å². The topological polar surface area (TPSA) is 53.2 Å². The largest absolute Gasteiger partial charge is 0.336 e. The van der Waals surface area contributed by atoms with Gasteiger partial charge in [-0.1, -0.05) is 17.7 Å². The van der Waals surface area contributed by atoms with Crippen LogP contribution in [0.25, 0.3) is 0 Å². The van der Waals surface area contributed by atoms with Crippen molar-refractivity contribution < 1.29 is 4.79 Å². The normalized spacial score (nSPS) is 22.8. The molecule has 98 valence electrons. The summed E-state index contributed by atoms with van der Waals surface area (Å²) in [6.45, 7) is 5.87. The molecule has 4 nitrogen and oxygen atoms in total. The minimum atomic E-state index is -0.145. The number of carbonyl (C=O) groups excluding carboxylic acids is 1. The Morgan fingerprint density at radius 3 is 2.72 bits per heavy atom. The lowest BCUT2D eigenvalue weighted by Crippen LogP contribution is -2.48. The molecule has 1 aromatic carbocycles. The van der Waals surface area contributed by atoms with Crippen molar-refractivity contribution in [2.75, 3.05) is 18.4 Å². The zero-order valence-electron chi connectivity index (χ0n) is 11.0. The summed E-state index contributed by atoms with van der Waals surface area (Å²) in [5.74, 6) is 0. The lowest BCUT2D eigenvalue weighted by atomic mass is 10.0. The Hall–Kier alpha value is -1.55. The molecule has 18 heavy (non-hydrogen) atoms. The number of anilines is 1. The Balaban J connectivity index is 1.80. The molecule has 1 saturated heterocycles. The van der Waals surface area contributed by atoms with Crippen molar-refractivity contribution >= 4 is 11.7 Å². The highest BCUT2D eigenvalue weighted by atomic mass is 16.2. The van der Waals surface area contributed by atoms with E-state index in [9.17, 15) is 4.79 Å². The van der Waals surface area contributed by atoms with E-state index in [0.29, 0.717) is 6.54 Å². The summed E-state index contributed by atoms with van der Waals surface area (Å²) in [4.78, 5) is 11.7. The van der Waals surface area contributed by atoms with Gasteiger partial charge >= 0.3 is 6.03 Å². The molecule has 1 aliphatic rings. The molecular formula is C14H21N3O. The molecule has 4 heteroatoms. The average Bonchev–Trinajstić information content (AvgIpc) is 2.78. The Labute approximate surface area is 108 Å². The van der Waals surface area contributed by atoms with Crippen molar-refractivity contribution in [2.45, 2.75) is 32.2 Å². The van der Waals surface area contributed by atoms with E-state index >= 15 is 0 Å². The number of urea groups is 1. The summed E-state index contributed by atoms with van der Waals surface area (Å²) in [7, 11) is 0.